The van der Waals surface area contributed by atoms with Gasteiger partial charge in [0, 0.05) is 40.4 Å². The Morgan fingerprint density at radius 1 is 1.22 bits per heavy atom. The van der Waals surface area contributed by atoms with Crippen LogP contribution in [0.2, 0.25) is 0 Å². The standard InChI is InChI=1S/C21H22N4OS/c1-14(2)11-19(25-9-5-6-10-25)20(26)24-21-23-18(13-27-21)16-12-22-17-8-4-3-7-15(16)17/h3-10,12-14,19,22H,11H2,1-2H3,(H,23,24,26). The van der Waals surface area contributed by atoms with E-state index in [0.717, 1.165) is 28.6 Å². The number of hydrogen-bond acceptors (Lipinski definition) is 3. The van der Waals surface area contributed by atoms with E-state index in [9.17, 15) is 4.79 Å². The summed E-state index contributed by atoms with van der Waals surface area (Å²) in [6, 6.07) is 11.8. The summed E-state index contributed by atoms with van der Waals surface area (Å²) < 4.78 is 1.96. The Morgan fingerprint density at radius 3 is 2.78 bits per heavy atom. The Balaban J connectivity index is 1.55. The van der Waals surface area contributed by atoms with Gasteiger partial charge in [0.25, 0.3) is 0 Å². The van der Waals surface area contributed by atoms with Crippen LogP contribution in [0, 0.1) is 5.92 Å². The normalized spacial score (nSPS) is 12.6. The first kappa shape index (κ1) is 17.5. The van der Waals surface area contributed by atoms with Crippen LogP contribution in [0.5, 0.6) is 0 Å². The lowest BCUT2D eigenvalue weighted by Gasteiger charge is -2.19. The molecule has 0 aliphatic carbocycles. The second-order valence-corrected chi connectivity index (χ2v) is 7.91. The van der Waals surface area contributed by atoms with Gasteiger partial charge in [-0.15, -0.1) is 11.3 Å². The molecule has 5 nitrogen and oxygen atoms in total. The van der Waals surface area contributed by atoms with Gasteiger partial charge >= 0.3 is 0 Å². The minimum atomic E-state index is -0.236. The molecule has 1 unspecified atom stereocenters. The molecule has 2 N–H and O–H groups in total. The van der Waals surface area contributed by atoms with E-state index in [4.69, 9.17) is 0 Å². The Labute approximate surface area is 162 Å². The number of para-hydroxylation sites is 1. The monoisotopic (exact) mass is 378 g/mol. The fourth-order valence-electron chi connectivity index (χ4n) is 3.29. The topological polar surface area (TPSA) is 62.7 Å². The van der Waals surface area contributed by atoms with Gasteiger partial charge in [-0.25, -0.2) is 4.98 Å². The Kier molecular flexibility index (Phi) is 4.81. The quantitative estimate of drug-likeness (QED) is 0.477. The van der Waals surface area contributed by atoms with E-state index < -0.39 is 0 Å². The van der Waals surface area contributed by atoms with Crippen molar-refractivity contribution in [2.24, 2.45) is 5.92 Å². The summed E-state index contributed by atoms with van der Waals surface area (Å²) in [5.74, 6) is 0.390. The lowest BCUT2D eigenvalue weighted by molar-refractivity contribution is -0.119. The molecule has 1 aromatic carbocycles. The molecular formula is C21H22N4OS. The summed E-state index contributed by atoms with van der Waals surface area (Å²) in [7, 11) is 0. The van der Waals surface area contributed by atoms with Crippen molar-refractivity contribution in [3.63, 3.8) is 0 Å². The second-order valence-electron chi connectivity index (χ2n) is 7.05. The van der Waals surface area contributed by atoms with Crippen LogP contribution < -0.4 is 5.32 Å². The van der Waals surface area contributed by atoms with Crippen molar-refractivity contribution in [2.75, 3.05) is 5.32 Å². The van der Waals surface area contributed by atoms with Crippen LogP contribution in [0.15, 0.2) is 60.4 Å². The maximum Gasteiger partial charge on any atom is 0.249 e. The summed E-state index contributed by atoms with van der Waals surface area (Å²) in [6.07, 6.45) is 6.62. The molecule has 0 saturated carbocycles. The Morgan fingerprint density at radius 2 is 2.00 bits per heavy atom. The van der Waals surface area contributed by atoms with Gasteiger partial charge in [-0.3, -0.25) is 4.79 Å². The summed E-state index contributed by atoms with van der Waals surface area (Å²) in [5.41, 5.74) is 3.00. The maximum absolute atomic E-state index is 12.9. The number of fused-ring (bicyclic) bond motifs is 1. The van der Waals surface area contributed by atoms with Crippen LogP contribution >= 0.6 is 11.3 Å². The maximum atomic E-state index is 12.9. The molecule has 0 bridgehead atoms. The number of aromatic amines is 1. The average molecular weight is 379 g/mol. The molecule has 0 aliphatic heterocycles. The highest BCUT2D eigenvalue weighted by Crippen LogP contribution is 2.31. The van der Waals surface area contributed by atoms with Crippen LogP contribution in [0.1, 0.15) is 26.3 Å². The van der Waals surface area contributed by atoms with Crippen LogP contribution in [-0.4, -0.2) is 20.4 Å². The zero-order chi connectivity index (χ0) is 18.8. The van der Waals surface area contributed by atoms with E-state index in [-0.39, 0.29) is 11.9 Å². The van der Waals surface area contributed by atoms with E-state index in [0.29, 0.717) is 11.0 Å². The number of H-pyrrole nitrogens is 1. The molecule has 4 rings (SSSR count). The molecular weight excluding hydrogens is 356 g/mol. The van der Waals surface area contributed by atoms with Crippen LogP contribution in [0.25, 0.3) is 22.2 Å². The SMILES string of the molecule is CC(C)CC(C(=O)Nc1nc(-c2c[nH]c3ccccc23)cs1)n1cccc1. The molecule has 0 aliphatic rings. The Bertz CT molecular complexity index is 1050. The zero-order valence-corrected chi connectivity index (χ0v) is 16.2. The summed E-state index contributed by atoms with van der Waals surface area (Å²) in [6.45, 7) is 4.25. The van der Waals surface area contributed by atoms with Gasteiger partial charge in [0.05, 0.1) is 5.69 Å². The fourth-order valence-corrected chi connectivity index (χ4v) is 4.01. The molecule has 1 amide bonds. The lowest BCUT2D eigenvalue weighted by Crippen LogP contribution is -2.26. The summed E-state index contributed by atoms with van der Waals surface area (Å²) >= 11 is 1.45. The summed E-state index contributed by atoms with van der Waals surface area (Å²) in [5, 5.41) is 6.74. The molecule has 0 fully saturated rings. The van der Waals surface area contributed by atoms with Gasteiger partial charge in [-0.2, -0.15) is 0 Å². The third-order valence-electron chi connectivity index (χ3n) is 4.58. The lowest BCUT2D eigenvalue weighted by atomic mass is 10.0. The van der Waals surface area contributed by atoms with Gasteiger partial charge in [-0.05, 0) is 30.5 Å². The first-order valence-corrected chi connectivity index (χ1v) is 9.95. The predicted octanol–water partition coefficient (Wildman–Crippen LogP) is 5.32. The first-order chi connectivity index (χ1) is 13.1. The number of thiazole rings is 1. The number of carbonyl (C=O) groups excluding carboxylic acids is 1. The molecule has 0 radical (unpaired) electrons. The van der Waals surface area contributed by atoms with Gasteiger partial charge < -0.3 is 14.9 Å². The van der Waals surface area contributed by atoms with E-state index in [1.54, 1.807) is 0 Å². The molecule has 6 heteroatoms. The third-order valence-corrected chi connectivity index (χ3v) is 5.34. The number of aromatic nitrogens is 3. The third kappa shape index (κ3) is 3.66. The van der Waals surface area contributed by atoms with Crippen LogP contribution in [0.4, 0.5) is 5.13 Å². The molecule has 0 saturated heterocycles. The molecule has 3 aromatic heterocycles. The van der Waals surface area contributed by atoms with Crippen molar-refractivity contribution < 1.29 is 4.79 Å². The predicted molar refractivity (Wildman–Crippen MR) is 111 cm³/mol. The molecule has 138 valence electrons. The highest BCUT2D eigenvalue weighted by Gasteiger charge is 2.22. The number of carbonyl (C=O) groups is 1. The molecule has 3 heterocycles. The smallest absolute Gasteiger partial charge is 0.249 e. The van der Waals surface area contributed by atoms with E-state index >= 15 is 0 Å². The minimum Gasteiger partial charge on any atom is -0.360 e. The number of rotatable bonds is 6. The zero-order valence-electron chi connectivity index (χ0n) is 15.3. The molecule has 4 aromatic rings. The van der Waals surface area contributed by atoms with Crippen molar-refractivity contribution in [2.45, 2.75) is 26.3 Å². The minimum absolute atomic E-state index is 0.0280. The van der Waals surface area contributed by atoms with Gasteiger partial charge in [0.15, 0.2) is 5.13 Å². The van der Waals surface area contributed by atoms with Crippen molar-refractivity contribution >= 4 is 33.3 Å². The highest BCUT2D eigenvalue weighted by molar-refractivity contribution is 7.14. The number of benzene rings is 1. The second kappa shape index (κ2) is 7.40. The average Bonchev–Trinajstić information content (AvgIpc) is 3.39. The van der Waals surface area contributed by atoms with Crippen molar-refractivity contribution in [1.29, 1.82) is 0 Å². The van der Waals surface area contributed by atoms with Crippen LogP contribution in [-0.2, 0) is 4.79 Å². The molecule has 27 heavy (non-hydrogen) atoms. The van der Waals surface area contributed by atoms with Crippen molar-refractivity contribution in [3.05, 3.63) is 60.4 Å². The number of nitrogens with one attached hydrogen (secondary N) is 2. The van der Waals surface area contributed by atoms with Crippen molar-refractivity contribution in [3.8, 4) is 11.3 Å². The molecule has 1 atom stereocenters. The Hall–Kier alpha value is -2.86. The van der Waals surface area contributed by atoms with Crippen LogP contribution in [0.3, 0.4) is 0 Å². The summed E-state index contributed by atoms with van der Waals surface area (Å²) in [4.78, 5) is 20.8. The number of nitrogens with zero attached hydrogens (tertiary/aromatic N) is 2. The molecule has 0 spiro atoms. The highest BCUT2D eigenvalue weighted by atomic mass is 32.1. The van der Waals surface area contributed by atoms with Crippen molar-refractivity contribution in [1.82, 2.24) is 14.5 Å². The van der Waals surface area contributed by atoms with Gasteiger partial charge in [-0.1, -0.05) is 32.0 Å². The van der Waals surface area contributed by atoms with Gasteiger partial charge in [0.2, 0.25) is 5.91 Å². The number of amides is 1. The first-order valence-electron chi connectivity index (χ1n) is 9.07. The fraction of sp³-hybridized carbons (Fsp3) is 0.238. The number of anilines is 1. The largest absolute Gasteiger partial charge is 0.360 e. The van der Waals surface area contributed by atoms with Gasteiger partial charge in [0.1, 0.15) is 6.04 Å². The van der Waals surface area contributed by atoms with E-state index in [2.05, 4.69) is 35.2 Å². The number of hydrogen-bond donors (Lipinski definition) is 2. The van der Waals surface area contributed by atoms with E-state index in [1.165, 1.54) is 11.3 Å². The van der Waals surface area contributed by atoms with E-state index in [1.807, 2.05) is 58.9 Å².